The molecule has 0 saturated heterocycles. The Morgan fingerprint density at radius 1 is 0.625 bits per heavy atom. The maximum Gasteiger partial charge on any atom is 0.365 e. The zero-order valence-corrected chi connectivity index (χ0v) is 11.3. The van der Waals surface area contributed by atoms with Crippen LogP contribution in [0.2, 0.25) is 0 Å². The van der Waals surface area contributed by atoms with Crippen LogP contribution in [-0.2, 0) is 0 Å². The molecule has 0 heterocycles. The van der Waals surface area contributed by atoms with Gasteiger partial charge in [-0.05, 0) is 12.1 Å². The van der Waals surface area contributed by atoms with Crippen molar-refractivity contribution in [3.8, 4) is 0 Å². The van der Waals surface area contributed by atoms with E-state index < -0.39 is 46.4 Å². The third-order valence-electron chi connectivity index (χ3n) is 3.77. The maximum atomic E-state index is 13.6. The van der Waals surface area contributed by atoms with Crippen LogP contribution >= 0.6 is 0 Å². The normalized spacial score (nSPS) is 25.9. The molecule has 3 rings (SSSR count). The number of hydrogen-bond acceptors (Lipinski definition) is 1. The first-order chi connectivity index (χ1) is 10.9. The molecule has 1 N–H and O–H groups in total. The smallest absolute Gasteiger partial charge is 0.353 e. The predicted molar refractivity (Wildman–Crippen MR) is 65.0 cm³/mol. The van der Waals surface area contributed by atoms with E-state index in [1.165, 1.54) is 18.2 Å². The third kappa shape index (κ3) is 1.73. The third-order valence-corrected chi connectivity index (χ3v) is 3.77. The monoisotopic (exact) mass is 359 g/mol. The fourth-order valence-electron chi connectivity index (χ4n) is 2.45. The Morgan fingerprint density at radius 2 is 1.12 bits per heavy atom. The Bertz CT molecular complexity index is 762. The van der Waals surface area contributed by atoms with Gasteiger partial charge in [0.2, 0.25) is 0 Å². The van der Waals surface area contributed by atoms with E-state index in [9.17, 15) is 39.5 Å². The quantitative estimate of drug-likeness (QED) is 0.737. The van der Waals surface area contributed by atoms with Crippen LogP contribution in [0.4, 0.5) is 45.2 Å². The molecule has 0 bridgehead atoms. The maximum absolute atomic E-state index is 13.6. The summed E-state index contributed by atoms with van der Waals surface area (Å²) in [6.07, 6.45) is 0. The molecule has 10 heteroatoms. The Labute approximate surface area is 128 Å². The summed E-state index contributed by atoms with van der Waals surface area (Å²) in [6.45, 7) is 0. The molecule has 0 radical (unpaired) electrons. The Kier molecular flexibility index (Phi) is 3.12. The van der Waals surface area contributed by atoms with E-state index in [0.717, 1.165) is 12.1 Å². The van der Waals surface area contributed by atoms with Crippen LogP contribution in [-0.4, -0.2) is 23.7 Å². The number of allylic oxidation sites excluding steroid dienone is 4. The average molecular weight is 359 g/mol. The summed E-state index contributed by atoms with van der Waals surface area (Å²) in [5.74, 6) is -23.6. The van der Waals surface area contributed by atoms with Crippen LogP contribution < -0.4 is 5.32 Å². The van der Waals surface area contributed by atoms with Crippen LogP contribution in [0.1, 0.15) is 0 Å². The first-order valence-corrected chi connectivity index (χ1v) is 6.36. The summed E-state index contributed by atoms with van der Waals surface area (Å²) < 4.78 is 120. The van der Waals surface area contributed by atoms with Crippen molar-refractivity contribution >= 4 is 5.69 Å². The summed E-state index contributed by atoms with van der Waals surface area (Å²) >= 11 is 0. The lowest BCUT2D eigenvalue weighted by Gasteiger charge is -2.47. The average Bonchev–Trinajstić information content (AvgIpc) is 2.50. The van der Waals surface area contributed by atoms with Gasteiger partial charge in [-0.1, -0.05) is 18.2 Å². The highest BCUT2D eigenvalue weighted by Crippen LogP contribution is 2.66. The first-order valence-electron chi connectivity index (χ1n) is 6.36. The zero-order valence-electron chi connectivity index (χ0n) is 11.3. The van der Waals surface area contributed by atoms with Crippen LogP contribution in [0.5, 0.6) is 0 Å². The van der Waals surface area contributed by atoms with E-state index in [2.05, 4.69) is 0 Å². The fraction of sp³-hybridized carbons (Fsp3) is 0.286. The molecule has 130 valence electrons. The number of anilines is 1. The zero-order chi connectivity index (χ0) is 18.1. The van der Waals surface area contributed by atoms with E-state index in [1.54, 1.807) is 5.32 Å². The van der Waals surface area contributed by atoms with Gasteiger partial charge in [0.05, 0.1) is 11.1 Å². The molecule has 0 saturated carbocycles. The largest absolute Gasteiger partial charge is 0.365 e. The van der Waals surface area contributed by atoms with Gasteiger partial charge >= 0.3 is 23.7 Å². The lowest BCUT2D eigenvalue weighted by Crippen LogP contribution is -2.62. The molecule has 0 aliphatic heterocycles. The fourth-order valence-corrected chi connectivity index (χ4v) is 2.45. The molecule has 0 spiro atoms. The van der Waals surface area contributed by atoms with Crippen molar-refractivity contribution in [2.24, 2.45) is 0 Å². The predicted octanol–water partition coefficient (Wildman–Crippen LogP) is 5.14. The van der Waals surface area contributed by atoms with E-state index in [-0.39, 0.29) is 5.69 Å². The molecule has 0 amide bonds. The van der Waals surface area contributed by atoms with Crippen molar-refractivity contribution in [2.75, 3.05) is 5.32 Å². The van der Waals surface area contributed by atoms with Gasteiger partial charge in [-0.2, -0.15) is 35.1 Å². The van der Waals surface area contributed by atoms with E-state index in [4.69, 9.17) is 0 Å². The molecule has 2 aliphatic rings. The highest BCUT2D eigenvalue weighted by atomic mass is 19.3. The highest BCUT2D eigenvalue weighted by Gasteiger charge is 2.81. The van der Waals surface area contributed by atoms with E-state index in [0.29, 0.717) is 0 Å². The number of benzene rings is 1. The van der Waals surface area contributed by atoms with Crippen molar-refractivity contribution < 1.29 is 39.5 Å². The number of para-hydroxylation sites is 1. The second-order valence-electron chi connectivity index (χ2n) is 5.23. The minimum atomic E-state index is -5.31. The van der Waals surface area contributed by atoms with Crippen molar-refractivity contribution in [3.63, 3.8) is 0 Å². The molecule has 0 fully saturated rings. The first kappa shape index (κ1) is 16.7. The molecule has 1 aromatic rings. The van der Waals surface area contributed by atoms with Gasteiger partial charge in [-0.3, -0.25) is 0 Å². The van der Waals surface area contributed by atoms with Gasteiger partial charge in [0.1, 0.15) is 5.70 Å². The lowest BCUT2D eigenvalue weighted by molar-refractivity contribution is -0.221. The number of nitrogens with one attached hydrogen (secondary N) is 1. The second-order valence-corrected chi connectivity index (χ2v) is 5.23. The van der Waals surface area contributed by atoms with E-state index >= 15 is 0 Å². The molecule has 0 unspecified atom stereocenters. The standard InChI is InChI=1S/C14H6F9N/c15-9-7(11(16,17)13(9,20)21)8-10(14(22,23)12(8,18)19)24-6-4-2-1-3-5-6/h1-5,24H. The molecule has 24 heavy (non-hydrogen) atoms. The van der Waals surface area contributed by atoms with Crippen LogP contribution in [0.25, 0.3) is 0 Å². The summed E-state index contributed by atoms with van der Waals surface area (Å²) in [4.78, 5) is 0. The molecular weight excluding hydrogens is 353 g/mol. The number of halogens is 9. The van der Waals surface area contributed by atoms with Crippen LogP contribution in [0.15, 0.2) is 53.0 Å². The van der Waals surface area contributed by atoms with Crippen molar-refractivity contribution in [1.82, 2.24) is 0 Å². The van der Waals surface area contributed by atoms with Gasteiger partial charge in [-0.15, -0.1) is 0 Å². The summed E-state index contributed by atoms with van der Waals surface area (Å²) in [5, 5.41) is 1.78. The number of hydrogen-bond donors (Lipinski definition) is 1. The topological polar surface area (TPSA) is 12.0 Å². The van der Waals surface area contributed by atoms with Gasteiger partial charge < -0.3 is 5.32 Å². The number of alkyl halides is 8. The molecule has 2 aliphatic carbocycles. The van der Waals surface area contributed by atoms with Gasteiger partial charge in [0, 0.05) is 5.69 Å². The molecule has 1 nitrogen and oxygen atoms in total. The Balaban J connectivity index is 2.16. The minimum Gasteiger partial charge on any atom is -0.353 e. The van der Waals surface area contributed by atoms with Gasteiger partial charge in [0.15, 0.2) is 5.83 Å². The summed E-state index contributed by atoms with van der Waals surface area (Å²) in [6, 6.07) is 6.40. The molecule has 0 atom stereocenters. The lowest BCUT2D eigenvalue weighted by atomic mass is 9.71. The van der Waals surface area contributed by atoms with Crippen molar-refractivity contribution in [1.29, 1.82) is 0 Å². The van der Waals surface area contributed by atoms with Crippen LogP contribution in [0.3, 0.4) is 0 Å². The SMILES string of the molecule is FC1=C(C2=C(Nc3ccccc3)C(F)(F)C2(F)F)C(F)(F)C1(F)F. The van der Waals surface area contributed by atoms with Gasteiger partial charge in [0.25, 0.3) is 0 Å². The second kappa shape index (κ2) is 4.48. The van der Waals surface area contributed by atoms with E-state index in [1.807, 2.05) is 0 Å². The highest BCUT2D eigenvalue weighted by molar-refractivity contribution is 5.68. The summed E-state index contributed by atoms with van der Waals surface area (Å²) in [7, 11) is 0. The molecule has 1 aromatic carbocycles. The Hall–Kier alpha value is -2.13. The van der Waals surface area contributed by atoms with Crippen molar-refractivity contribution in [3.05, 3.63) is 53.0 Å². The van der Waals surface area contributed by atoms with Gasteiger partial charge in [-0.25, -0.2) is 4.39 Å². The molecular formula is C14H6F9N. The molecule has 0 aromatic heterocycles. The van der Waals surface area contributed by atoms with Crippen molar-refractivity contribution in [2.45, 2.75) is 23.7 Å². The van der Waals surface area contributed by atoms with Crippen LogP contribution in [0, 0.1) is 0 Å². The summed E-state index contributed by atoms with van der Waals surface area (Å²) in [5.41, 5.74) is -6.47. The number of rotatable bonds is 3. The Morgan fingerprint density at radius 3 is 1.62 bits per heavy atom. The minimum absolute atomic E-state index is 0.185.